The van der Waals surface area contributed by atoms with Crippen LogP contribution in [0.2, 0.25) is 0 Å². The first kappa shape index (κ1) is 27.0. The van der Waals surface area contributed by atoms with Crippen molar-refractivity contribution in [3.05, 3.63) is 89.1 Å². The normalized spacial score (nSPS) is 18.4. The van der Waals surface area contributed by atoms with E-state index in [4.69, 9.17) is 0 Å². The predicted octanol–water partition coefficient (Wildman–Crippen LogP) is 4.79. The highest BCUT2D eigenvalue weighted by Crippen LogP contribution is 2.45. The third-order valence-electron chi connectivity index (χ3n) is 6.19. The molecule has 3 aromatic rings. The van der Waals surface area contributed by atoms with E-state index >= 15 is 0 Å². The van der Waals surface area contributed by atoms with Crippen LogP contribution in [-0.4, -0.2) is 37.7 Å². The van der Waals surface area contributed by atoms with Gasteiger partial charge in [0.2, 0.25) is 10.0 Å². The van der Waals surface area contributed by atoms with Crippen molar-refractivity contribution in [2.75, 3.05) is 18.5 Å². The molecule has 4 rings (SSSR count). The average molecular weight is 542 g/mol. The molecule has 3 N–H and O–H groups in total. The first-order valence-corrected chi connectivity index (χ1v) is 12.9. The van der Waals surface area contributed by atoms with Gasteiger partial charge in [-0.05, 0) is 48.6 Å². The second-order valence-corrected chi connectivity index (χ2v) is 10.5. The lowest BCUT2D eigenvalue weighted by Gasteiger charge is -2.19. The lowest BCUT2D eigenvalue weighted by molar-refractivity contribution is -0.141. The second kappa shape index (κ2) is 10.7. The van der Waals surface area contributed by atoms with E-state index in [1.807, 2.05) is 0 Å². The van der Waals surface area contributed by atoms with Gasteiger partial charge in [0.1, 0.15) is 28.0 Å². The number of halogens is 5. The van der Waals surface area contributed by atoms with Crippen LogP contribution in [-0.2, 0) is 16.2 Å². The van der Waals surface area contributed by atoms with Crippen molar-refractivity contribution in [2.24, 2.45) is 0 Å². The molecule has 1 aliphatic carbocycles. The number of aliphatic hydroxyl groups excluding tert-OH is 1. The molecule has 12 heteroatoms. The van der Waals surface area contributed by atoms with Gasteiger partial charge in [-0.25, -0.2) is 26.9 Å². The molecule has 1 aliphatic rings. The Labute approximate surface area is 210 Å². The smallest absolute Gasteiger partial charge is 0.396 e. The third-order valence-corrected chi connectivity index (χ3v) is 7.64. The van der Waals surface area contributed by atoms with Crippen molar-refractivity contribution in [3.63, 3.8) is 0 Å². The van der Waals surface area contributed by atoms with Crippen LogP contribution in [0.15, 0.2) is 65.6 Å². The molecular formula is C25H24F5N3O3S. The van der Waals surface area contributed by atoms with E-state index in [1.165, 1.54) is 6.07 Å². The summed E-state index contributed by atoms with van der Waals surface area (Å²) in [5.74, 6) is -3.25. The Bertz CT molecular complexity index is 1330. The maximum absolute atomic E-state index is 14.2. The average Bonchev–Trinajstić information content (AvgIpc) is 3.59. The molecule has 0 amide bonds. The highest BCUT2D eigenvalue weighted by molar-refractivity contribution is 7.89. The summed E-state index contributed by atoms with van der Waals surface area (Å²) in [4.78, 5) is 2.97. The topological polar surface area (TPSA) is 91.3 Å². The maximum Gasteiger partial charge on any atom is 0.433 e. The van der Waals surface area contributed by atoms with Crippen LogP contribution >= 0.6 is 0 Å². The van der Waals surface area contributed by atoms with Crippen molar-refractivity contribution < 1.29 is 35.5 Å². The summed E-state index contributed by atoms with van der Waals surface area (Å²) < 4.78 is 97.1. The molecule has 37 heavy (non-hydrogen) atoms. The summed E-state index contributed by atoms with van der Waals surface area (Å²) in [7, 11) is -4.36. The number of aromatic nitrogens is 1. The molecule has 1 saturated carbocycles. The van der Waals surface area contributed by atoms with Crippen LogP contribution in [0.1, 0.15) is 41.5 Å². The number of nitrogens with one attached hydrogen (secondary N) is 2. The molecule has 3 atom stereocenters. The molecule has 198 valence electrons. The highest BCUT2D eigenvalue weighted by atomic mass is 32.2. The fraction of sp³-hybridized carbons (Fsp3) is 0.320. The summed E-state index contributed by atoms with van der Waals surface area (Å²) in [6.45, 7) is -0.328. The first-order chi connectivity index (χ1) is 17.5. The third kappa shape index (κ3) is 6.25. The van der Waals surface area contributed by atoms with Gasteiger partial charge >= 0.3 is 6.18 Å². The summed E-state index contributed by atoms with van der Waals surface area (Å²) in [5.41, 5.74) is -0.759. The Balaban J connectivity index is 1.60. The Morgan fingerprint density at radius 1 is 1.00 bits per heavy atom. The Hall–Kier alpha value is -3.09. The van der Waals surface area contributed by atoms with Crippen molar-refractivity contribution >= 4 is 15.8 Å². The van der Waals surface area contributed by atoms with Gasteiger partial charge < -0.3 is 10.4 Å². The van der Waals surface area contributed by atoms with Gasteiger partial charge in [0.25, 0.3) is 0 Å². The van der Waals surface area contributed by atoms with E-state index in [9.17, 15) is 35.5 Å². The van der Waals surface area contributed by atoms with Gasteiger partial charge in [0, 0.05) is 30.7 Å². The molecule has 6 nitrogen and oxygen atoms in total. The Morgan fingerprint density at radius 2 is 1.68 bits per heavy atom. The van der Waals surface area contributed by atoms with Crippen LogP contribution in [0.3, 0.4) is 0 Å². The van der Waals surface area contributed by atoms with Crippen LogP contribution in [0.25, 0.3) is 0 Å². The molecule has 0 radical (unpaired) electrons. The molecule has 1 aromatic heterocycles. The van der Waals surface area contributed by atoms with E-state index in [0.29, 0.717) is 6.07 Å². The Kier molecular flexibility index (Phi) is 7.81. The van der Waals surface area contributed by atoms with E-state index < -0.39 is 62.1 Å². The van der Waals surface area contributed by atoms with E-state index in [-0.39, 0.29) is 31.6 Å². The predicted molar refractivity (Wildman–Crippen MR) is 126 cm³/mol. The lowest BCUT2D eigenvalue weighted by atomic mass is 9.96. The van der Waals surface area contributed by atoms with Gasteiger partial charge in [-0.1, -0.05) is 36.4 Å². The zero-order valence-electron chi connectivity index (χ0n) is 19.3. The molecule has 0 bridgehead atoms. The molecule has 1 heterocycles. The van der Waals surface area contributed by atoms with E-state index in [0.717, 1.165) is 23.8 Å². The number of hydrogen-bond donors (Lipinski definition) is 3. The minimum absolute atomic E-state index is 0.125. The second-order valence-electron chi connectivity index (χ2n) is 8.74. The first-order valence-electron chi connectivity index (χ1n) is 11.5. The molecule has 0 spiro atoms. The van der Waals surface area contributed by atoms with Gasteiger partial charge in [-0.15, -0.1) is 0 Å². The van der Waals surface area contributed by atoms with Crippen LogP contribution in [0.5, 0.6) is 0 Å². The molecule has 1 unspecified atom stereocenters. The van der Waals surface area contributed by atoms with Crippen LogP contribution in [0.4, 0.5) is 27.8 Å². The van der Waals surface area contributed by atoms with Gasteiger partial charge in [0.05, 0.1) is 0 Å². The maximum atomic E-state index is 14.2. The molecule has 2 aromatic carbocycles. The number of sulfonamides is 1. The quantitative estimate of drug-likeness (QED) is 0.321. The highest BCUT2D eigenvalue weighted by Gasteiger charge is 2.43. The van der Waals surface area contributed by atoms with Gasteiger partial charge in [0.15, 0.2) is 0 Å². The molecule has 0 aliphatic heterocycles. The Morgan fingerprint density at radius 3 is 2.30 bits per heavy atom. The number of aliphatic hydroxyl groups is 1. The fourth-order valence-electron chi connectivity index (χ4n) is 4.19. The van der Waals surface area contributed by atoms with Gasteiger partial charge in [-0.2, -0.15) is 13.2 Å². The summed E-state index contributed by atoms with van der Waals surface area (Å²) >= 11 is 0. The number of alkyl halides is 3. The zero-order chi connectivity index (χ0) is 26.8. The zero-order valence-corrected chi connectivity index (χ0v) is 20.2. The summed E-state index contributed by atoms with van der Waals surface area (Å²) in [5, 5.41) is 12.0. The number of benzene rings is 2. The number of anilines is 1. The number of pyridine rings is 1. The van der Waals surface area contributed by atoms with Crippen molar-refractivity contribution in [1.82, 2.24) is 9.71 Å². The number of hydrogen-bond acceptors (Lipinski definition) is 5. The SMILES string of the molecule is O=S(=O)(NCC(CCO)c1ccccc1)c1ccc(C(F)(F)F)nc1N[C@@H]1C[C@H]1c1c(F)cccc1F. The number of nitrogens with zero attached hydrogens (tertiary/aromatic N) is 1. The number of rotatable bonds is 10. The standard InChI is InChI=1S/C25H24F5N3O3S/c26-18-7-4-8-19(27)23(18)17-13-20(17)32-24-21(9-10-22(33-24)25(28,29)30)37(35,36)31-14-16(11-12-34)15-5-2-1-3-6-15/h1-10,16-17,20,31,34H,11-14H2,(H,32,33)/t16?,17-,20-/m1/s1. The van der Waals surface area contributed by atoms with E-state index in [2.05, 4.69) is 15.0 Å². The summed E-state index contributed by atoms with van der Waals surface area (Å²) in [6, 6.07) is 12.8. The van der Waals surface area contributed by atoms with Gasteiger partial charge in [-0.3, -0.25) is 0 Å². The van der Waals surface area contributed by atoms with Crippen molar-refractivity contribution in [1.29, 1.82) is 0 Å². The minimum Gasteiger partial charge on any atom is -0.396 e. The monoisotopic (exact) mass is 541 g/mol. The molecule has 1 fully saturated rings. The van der Waals surface area contributed by atoms with Crippen molar-refractivity contribution in [2.45, 2.75) is 41.8 Å². The fourth-order valence-corrected chi connectivity index (χ4v) is 5.38. The summed E-state index contributed by atoms with van der Waals surface area (Å²) in [6.07, 6.45) is -4.41. The minimum atomic E-state index is -4.84. The van der Waals surface area contributed by atoms with E-state index in [1.54, 1.807) is 30.3 Å². The molecular weight excluding hydrogens is 517 g/mol. The lowest BCUT2D eigenvalue weighted by Crippen LogP contribution is -2.30. The molecule has 0 saturated heterocycles. The van der Waals surface area contributed by atoms with Crippen LogP contribution in [0, 0.1) is 11.6 Å². The largest absolute Gasteiger partial charge is 0.433 e. The van der Waals surface area contributed by atoms with Crippen molar-refractivity contribution in [3.8, 4) is 0 Å². The van der Waals surface area contributed by atoms with Crippen LogP contribution < -0.4 is 10.0 Å².